The van der Waals surface area contributed by atoms with Crippen molar-refractivity contribution in [2.24, 2.45) is 0 Å². The molecular formula is C27H26N4O2. The number of nitrogen functional groups attached to an aromatic ring is 1. The van der Waals surface area contributed by atoms with Crippen LogP contribution in [0.5, 0.6) is 0 Å². The van der Waals surface area contributed by atoms with E-state index >= 15 is 0 Å². The first kappa shape index (κ1) is 21.9. The van der Waals surface area contributed by atoms with Crippen LogP contribution in [-0.4, -0.2) is 11.1 Å². The smallest absolute Gasteiger partial charge is 0.408 e. The highest BCUT2D eigenvalue weighted by Gasteiger charge is 2.19. The summed E-state index contributed by atoms with van der Waals surface area (Å²) in [5.41, 5.74) is 11.4. The monoisotopic (exact) mass is 438 g/mol. The van der Waals surface area contributed by atoms with Gasteiger partial charge in [0.15, 0.2) is 6.10 Å². The maximum atomic E-state index is 12.6. The molecule has 6 nitrogen and oxygen atoms in total. The van der Waals surface area contributed by atoms with Crippen molar-refractivity contribution >= 4 is 17.5 Å². The second-order valence-corrected chi connectivity index (χ2v) is 7.59. The van der Waals surface area contributed by atoms with Gasteiger partial charge < -0.3 is 21.1 Å². The lowest BCUT2D eigenvalue weighted by molar-refractivity contribution is 0.116. The first-order valence-electron chi connectivity index (χ1n) is 10.7. The third-order valence-electron chi connectivity index (χ3n) is 5.21. The van der Waals surface area contributed by atoms with Crippen molar-refractivity contribution in [3.05, 3.63) is 126 Å². The molecular weight excluding hydrogens is 412 g/mol. The summed E-state index contributed by atoms with van der Waals surface area (Å²) in [6.07, 6.45) is 2.40. The molecule has 1 atom stereocenters. The predicted octanol–water partition coefficient (Wildman–Crippen LogP) is 5.29. The molecule has 4 rings (SSSR count). The molecule has 33 heavy (non-hydrogen) atoms. The van der Waals surface area contributed by atoms with Crippen LogP contribution in [0.3, 0.4) is 0 Å². The molecule has 6 heteroatoms. The summed E-state index contributed by atoms with van der Waals surface area (Å²) in [6.45, 7) is 0.984. The van der Waals surface area contributed by atoms with Gasteiger partial charge >= 0.3 is 6.09 Å². The summed E-state index contributed by atoms with van der Waals surface area (Å²) in [5.74, 6) is 0. The van der Waals surface area contributed by atoms with Crippen molar-refractivity contribution in [3.8, 4) is 0 Å². The van der Waals surface area contributed by atoms with Crippen molar-refractivity contribution in [2.75, 3.05) is 11.1 Å². The minimum Gasteiger partial charge on any atom is -0.436 e. The van der Waals surface area contributed by atoms with Crippen LogP contribution in [-0.2, 0) is 17.8 Å². The fraction of sp³-hybridized carbons (Fsp3) is 0.111. The number of rotatable bonds is 8. The number of amides is 1. The highest BCUT2D eigenvalue weighted by Crippen LogP contribution is 2.27. The van der Waals surface area contributed by atoms with E-state index in [9.17, 15) is 4.79 Å². The van der Waals surface area contributed by atoms with E-state index in [1.54, 1.807) is 12.4 Å². The Morgan fingerprint density at radius 1 is 0.818 bits per heavy atom. The van der Waals surface area contributed by atoms with Gasteiger partial charge in [0, 0.05) is 25.5 Å². The molecule has 0 spiro atoms. The molecule has 1 aromatic heterocycles. The van der Waals surface area contributed by atoms with Gasteiger partial charge in [-0.25, -0.2) is 4.79 Å². The SMILES string of the molecule is Nc1ccccc1NCc1ccc([C@@H](OC(=O)NCc2cccnc2)c2ccccc2)cc1. The van der Waals surface area contributed by atoms with Gasteiger partial charge in [0.05, 0.1) is 11.4 Å². The number of pyridine rings is 1. The van der Waals surface area contributed by atoms with E-state index in [0.717, 1.165) is 27.9 Å². The Kier molecular flexibility index (Phi) is 7.18. The predicted molar refractivity (Wildman–Crippen MR) is 130 cm³/mol. The van der Waals surface area contributed by atoms with Gasteiger partial charge in [-0.3, -0.25) is 4.98 Å². The molecule has 0 saturated carbocycles. The number of para-hydroxylation sites is 2. The summed E-state index contributed by atoms with van der Waals surface area (Å²) >= 11 is 0. The Morgan fingerprint density at radius 2 is 1.55 bits per heavy atom. The molecule has 0 unspecified atom stereocenters. The van der Waals surface area contributed by atoms with Crippen LogP contribution in [0.25, 0.3) is 0 Å². The topological polar surface area (TPSA) is 89.3 Å². The molecule has 0 radical (unpaired) electrons. The van der Waals surface area contributed by atoms with Gasteiger partial charge in [-0.1, -0.05) is 72.8 Å². The van der Waals surface area contributed by atoms with Crippen molar-refractivity contribution < 1.29 is 9.53 Å². The fourth-order valence-electron chi connectivity index (χ4n) is 3.45. The first-order chi connectivity index (χ1) is 16.2. The zero-order valence-corrected chi connectivity index (χ0v) is 18.1. The number of carbonyl (C=O) groups is 1. The third-order valence-corrected chi connectivity index (χ3v) is 5.21. The standard InChI is InChI=1S/C27H26N4O2/c28-24-10-4-5-11-25(24)30-18-20-12-14-23(15-13-20)26(22-8-2-1-3-9-22)33-27(32)31-19-21-7-6-16-29-17-21/h1-17,26,30H,18-19,28H2,(H,31,32)/t26-/m0/s1. The first-order valence-corrected chi connectivity index (χ1v) is 10.7. The Hall–Kier alpha value is -4.32. The second kappa shape index (κ2) is 10.8. The molecule has 4 N–H and O–H groups in total. The summed E-state index contributed by atoms with van der Waals surface area (Å²) in [7, 11) is 0. The van der Waals surface area contributed by atoms with E-state index in [-0.39, 0.29) is 0 Å². The molecule has 0 aliphatic rings. The molecule has 3 aromatic carbocycles. The van der Waals surface area contributed by atoms with Gasteiger partial charge in [-0.15, -0.1) is 0 Å². The number of hydrogen-bond acceptors (Lipinski definition) is 5. The summed E-state index contributed by atoms with van der Waals surface area (Å²) < 4.78 is 5.83. The fourth-order valence-corrected chi connectivity index (χ4v) is 3.45. The molecule has 0 aliphatic carbocycles. The lowest BCUT2D eigenvalue weighted by Gasteiger charge is -2.20. The quantitative estimate of drug-likeness (QED) is 0.325. The van der Waals surface area contributed by atoms with Crippen LogP contribution < -0.4 is 16.4 Å². The van der Waals surface area contributed by atoms with E-state index in [1.165, 1.54) is 0 Å². The van der Waals surface area contributed by atoms with Gasteiger partial charge in [0.2, 0.25) is 0 Å². The summed E-state index contributed by atoms with van der Waals surface area (Å²) in [6, 6.07) is 29.1. The maximum absolute atomic E-state index is 12.6. The van der Waals surface area contributed by atoms with Crippen molar-refractivity contribution in [1.29, 1.82) is 0 Å². The van der Waals surface area contributed by atoms with Gasteiger partial charge in [-0.2, -0.15) is 0 Å². The molecule has 0 fully saturated rings. The van der Waals surface area contributed by atoms with Crippen LogP contribution in [0.2, 0.25) is 0 Å². The number of nitrogens with one attached hydrogen (secondary N) is 2. The number of nitrogens with zero attached hydrogens (tertiary/aromatic N) is 1. The number of anilines is 2. The molecule has 0 aliphatic heterocycles. The third kappa shape index (κ3) is 6.11. The van der Waals surface area contributed by atoms with Crippen molar-refractivity contribution in [1.82, 2.24) is 10.3 Å². The lowest BCUT2D eigenvalue weighted by Crippen LogP contribution is -2.26. The van der Waals surface area contributed by atoms with E-state index in [2.05, 4.69) is 15.6 Å². The number of carbonyl (C=O) groups excluding carboxylic acids is 1. The van der Waals surface area contributed by atoms with Gasteiger partial charge in [0.25, 0.3) is 0 Å². The Balaban J connectivity index is 1.44. The van der Waals surface area contributed by atoms with E-state index in [1.807, 2.05) is 91.0 Å². The highest BCUT2D eigenvalue weighted by molar-refractivity contribution is 5.68. The van der Waals surface area contributed by atoms with E-state index in [4.69, 9.17) is 10.5 Å². The number of aromatic nitrogens is 1. The van der Waals surface area contributed by atoms with Crippen molar-refractivity contribution in [3.63, 3.8) is 0 Å². The largest absolute Gasteiger partial charge is 0.436 e. The minimum absolute atomic E-state index is 0.349. The Bertz CT molecular complexity index is 1170. The zero-order valence-electron chi connectivity index (χ0n) is 18.1. The number of benzene rings is 3. The Morgan fingerprint density at radius 3 is 2.27 bits per heavy atom. The number of nitrogens with two attached hydrogens (primary N) is 1. The van der Waals surface area contributed by atoms with E-state index < -0.39 is 12.2 Å². The van der Waals surface area contributed by atoms with Gasteiger partial charge in [-0.05, 0) is 40.5 Å². The molecule has 0 saturated heterocycles. The Labute approximate surface area is 193 Å². The minimum atomic E-state index is -0.521. The average molecular weight is 439 g/mol. The normalized spacial score (nSPS) is 11.4. The van der Waals surface area contributed by atoms with Crippen LogP contribution in [0.1, 0.15) is 28.4 Å². The maximum Gasteiger partial charge on any atom is 0.408 e. The van der Waals surface area contributed by atoms with Gasteiger partial charge in [0.1, 0.15) is 0 Å². The van der Waals surface area contributed by atoms with Crippen molar-refractivity contribution in [2.45, 2.75) is 19.2 Å². The highest BCUT2D eigenvalue weighted by atomic mass is 16.6. The lowest BCUT2D eigenvalue weighted by atomic mass is 10.00. The van der Waals surface area contributed by atoms with Crippen LogP contribution in [0.15, 0.2) is 103 Å². The second-order valence-electron chi connectivity index (χ2n) is 7.59. The molecule has 166 valence electrons. The molecule has 4 aromatic rings. The van der Waals surface area contributed by atoms with Crippen LogP contribution in [0.4, 0.5) is 16.2 Å². The molecule has 0 bridgehead atoms. The van der Waals surface area contributed by atoms with Crippen LogP contribution >= 0.6 is 0 Å². The number of hydrogen-bond donors (Lipinski definition) is 3. The van der Waals surface area contributed by atoms with E-state index in [0.29, 0.717) is 18.8 Å². The van der Waals surface area contributed by atoms with Crippen LogP contribution in [0, 0.1) is 0 Å². The number of alkyl carbamates (subject to hydrolysis) is 1. The molecule has 1 amide bonds. The summed E-state index contributed by atoms with van der Waals surface area (Å²) in [5, 5.41) is 6.15. The molecule has 1 heterocycles. The zero-order chi connectivity index (χ0) is 22.9. The summed E-state index contributed by atoms with van der Waals surface area (Å²) in [4.78, 5) is 16.6. The average Bonchev–Trinajstić information content (AvgIpc) is 2.87. The number of ether oxygens (including phenoxy) is 1.